The normalized spacial score (nSPS) is 10.9. The molecule has 1 N–H and O–H groups in total. The summed E-state index contributed by atoms with van der Waals surface area (Å²) < 4.78 is 35.1. The van der Waals surface area contributed by atoms with Crippen LogP contribution in [0.25, 0.3) is 10.2 Å². The van der Waals surface area contributed by atoms with E-state index in [1.165, 1.54) is 35.6 Å². The number of aromatic nitrogens is 1. The van der Waals surface area contributed by atoms with Crippen LogP contribution in [0.4, 0.5) is 13.9 Å². The number of carbonyl (C=O) groups is 1. The van der Waals surface area contributed by atoms with Crippen LogP contribution in [0.15, 0.2) is 42.5 Å². The molecule has 0 aliphatic heterocycles. The summed E-state index contributed by atoms with van der Waals surface area (Å²) >= 11 is 1.30. The molecular weight excluding hydrogens is 350 g/mol. The van der Waals surface area contributed by atoms with E-state index in [0.29, 0.717) is 11.7 Å². The van der Waals surface area contributed by atoms with Gasteiger partial charge in [0, 0.05) is 5.56 Å². The monoisotopic (exact) mass is 364 g/mol. The first kappa shape index (κ1) is 17.1. The van der Waals surface area contributed by atoms with Gasteiger partial charge in [0.15, 0.2) is 5.13 Å². The number of nitrogens with one attached hydrogen (secondary N) is 1. The van der Waals surface area contributed by atoms with Crippen molar-refractivity contribution >= 4 is 32.6 Å². The summed E-state index contributed by atoms with van der Waals surface area (Å²) in [4.78, 5) is 16.6. The van der Waals surface area contributed by atoms with Gasteiger partial charge in [-0.3, -0.25) is 10.1 Å². The summed E-state index contributed by atoms with van der Waals surface area (Å²) in [5.41, 5.74) is 0.936. The number of anilines is 1. The zero-order chi connectivity index (χ0) is 17.8. The molecule has 0 spiro atoms. The Balaban J connectivity index is 1.77. The third-order valence-corrected chi connectivity index (χ3v) is 4.15. The fraction of sp³-hybridized carbons (Fsp3) is 0.176. The number of hydrogen-bond acceptors (Lipinski definition) is 5. The van der Waals surface area contributed by atoms with E-state index in [-0.39, 0.29) is 11.3 Å². The van der Waals surface area contributed by atoms with Crippen LogP contribution in [0.3, 0.4) is 0 Å². The highest BCUT2D eigenvalue weighted by molar-refractivity contribution is 7.22. The first-order valence-electron chi connectivity index (χ1n) is 7.45. The highest BCUT2D eigenvalue weighted by Gasteiger charge is 2.12. The Hall–Kier alpha value is -2.74. The standard InChI is InChI=1S/C17H14F2N2O3S/c1-2-23-11-6-7-13-14(9-11)25-17(20-13)21-15(22)10-4-3-5-12(8-10)24-16(18)19/h3-9,16H,2H2,1H3,(H,20,21,22). The molecule has 0 saturated heterocycles. The first-order chi connectivity index (χ1) is 12.0. The van der Waals surface area contributed by atoms with Crippen molar-refractivity contribution in [2.45, 2.75) is 13.5 Å². The lowest BCUT2D eigenvalue weighted by atomic mass is 10.2. The Morgan fingerprint density at radius 3 is 2.84 bits per heavy atom. The smallest absolute Gasteiger partial charge is 0.387 e. The van der Waals surface area contributed by atoms with Crippen LogP contribution < -0.4 is 14.8 Å². The van der Waals surface area contributed by atoms with Crippen molar-refractivity contribution in [3.05, 3.63) is 48.0 Å². The molecule has 0 radical (unpaired) electrons. The molecule has 130 valence electrons. The van der Waals surface area contributed by atoms with Crippen LogP contribution >= 0.6 is 11.3 Å². The van der Waals surface area contributed by atoms with E-state index in [2.05, 4.69) is 15.0 Å². The van der Waals surface area contributed by atoms with Crippen LogP contribution in [-0.2, 0) is 0 Å². The summed E-state index contributed by atoms with van der Waals surface area (Å²) in [5, 5.41) is 3.08. The molecule has 0 saturated carbocycles. The number of ether oxygens (including phenoxy) is 2. The van der Waals surface area contributed by atoms with E-state index in [9.17, 15) is 13.6 Å². The van der Waals surface area contributed by atoms with Crippen molar-refractivity contribution in [3.8, 4) is 11.5 Å². The number of nitrogens with zero attached hydrogens (tertiary/aromatic N) is 1. The van der Waals surface area contributed by atoms with E-state index >= 15 is 0 Å². The third-order valence-electron chi connectivity index (χ3n) is 3.21. The number of carbonyl (C=O) groups excluding carboxylic acids is 1. The molecule has 1 aromatic heterocycles. The van der Waals surface area contributed by atoms with E-state index in [4.69, 9.17) is 4.74 Å². The van der Waals surface area contributed by atoms with Gasteiger partial charge in [-0.25, -0.2) is 4.98 Å². The number of fused-ring (bicyclic) bond motifs is 1. The number of thiazole rings is 1. The third kappa shape index (κ3) is 4.21. The average molecular weight is 364 g/mol. The molecule has 0 bridgehead atoms. The minimum atomic E-state index is -2.94. The maximum absolute atomic E-state index is 12.3. The van der Waals surface area contributed by atoms with E-state index in [1.807, 2.05) is 25.1 Å². The fourth-order valence-electron chi connectivity index (χ4n) is 2.20. The topological polar surface area (TPSA) is 60.5 Å². The Bertz CT molecular complexity index is 898. The second kappa shape index (κ2) is 7.43. The van der Waals surface area contributed by atoms with Crippen LogP contribution in [0, 0.1) is 0 Å². The van der Waals surface area contributed by atoms with E-state index in [1.54, 1.807) is 0 Å². The zero-order valence-electron chi connectivity index (χ0n) is 13.2. The highest BCUT2D eigenvalue weighted by atomic mass is 32.1. The predicted molar refractivity (Wildman–Crippen MR) is 91.8 cm³/mol. The van der Waals surface area contributed by atoms with Crippen LogP contribution in [-0.4, -0.2) is 24.1 Å². The molecule has 0 aliphatic carbocycles. The molecule has 2 aromatic carbocycles. The SMILES string of the molecule is CCOc1ccc2nc(NC(=O)c3cccc(OC(F)F)c3)sc2c1. The minimum absolute atomic E-state index is 0.0756. The summed E-state index contributed by atoms with van der Waals surface area (Å²) in [6, 6.07) is 11.1. The fourth-order valence-corrected chi connectivity index (χ4v) is 3.09. The molecular formula is C17H14F2N2O3S. The largest absolute Gasteiger partial charge is 0.494 e. The predicted octanol–water partition coefficient (Wildman–Crippen LogP) is 4.55. The van der Waals surface area contributed by atoms with Crippen LogP contribution in [0.5, 0.6) is 11.5 Å². The van der Waals surface area contributed by atoms with Gasteiger partial charge in [0.25, 0.3) is 5.91 Å². The van der Waals surface area contributed by atoms with Gasteiger partial charge < -0.3 is 9.47 Å². The molecule has 0 aliphatic rings. The minimum Gasteiger partial charge on any atom is -0.494 e. The summed E-state index contributed by atoms with van der Waals surface area (Å²) in [6.07, 6.45) is 0. The molecule has 0 unspecified atom stereocenters. The average Bonchev–Trinajstić information content (AvgIpc) is 2.96. The Morgan fingerprint density at radius 1 is 1.24 bits per heavy atom. The molecule has 3 aromatic rings. The van der Waals surface area contributed by atoms with Gasteiger partial charge in [-0.15, -0.1) is 0 Å². The zero-order valence-corrected chi connectivity index (χ0v) is 14.0. The van der Waals surface area contributed by atoms with Crippen molar-refractivity contribution in [1.29, 1.82) is 0 Å². The quantitative estimate of drug-likeness (QED) is 0.697. The Labute approximate surface area is 146 Å². The second-order valence-electron chi connectivity index (χ2n) is 4.94. The van der Waals surface area contributed by atoms with Gasteiger partial charge in [-0.1, -0.05) is 17.4 Å². The van der Waals surface area contributed by atoms with E-state index in [0.717, 1.165) is 16.0 Å². The number of alkyl halides is 2. The molecule has 1 heterocycles. The Morgan fingerprint density at radius 2 is 2.08 bits per heavy atom. The lowest BCUT2D eigenvalue weighted by Crippen LogP contribution is -2.12. The Kier molecular flexibility index (Phi) is 5.08. The summed E-state index contributed by atoms with van der Waals surface area (Å²) in [7, 11) is 0. The summed E-state index contributed by atoms with van der Waals surface area (Å²) in [6.45, 7) is -0.485. The maximum Gasteiger partial charge on any atom is 0.387 e. The van der Waals surface area contributed by atoms with Crippen molar-refractivity contribution in [1.82, 2.24) is 4.98 Å². The number of hydrogen-bond donors (Lipinski definition) is 1. The highest BCUT2D eigenvalue weighted by Crippen LogP contribution is 2.29. The lowest BCUT2D eigenvalue weighted by molar-refractivity contribution is -0.0498. The molecule has 0 atom stereocenters. The molecule has 3 rings (SSSR count). The summed E-state index contributed by atoms with van der Waals surface area (Å²) in [5.74, 6) is 0.200. The molecule has 25 heavy (non-hydrogen) atoms. The number of benzene rings is 2. The van der Waals surface area contributed by atoms with Crippen LogP contribution in [0.2, 0.25) is 0 Å². The second-order valence-corrected chi connectivity index (χ2v) is 5.97. The van der Waals surface area contributed by atoms with Gasteiger partial charge in [0.1, 0.15) is 11.5 Å². The molecule has 8 heteroatoms. The first-order valence-corrected chi connectivity index (χ1v) is 8.26. The van der Waals surface area contributed by atoms with E-state index < -0.39 is 12.5 Å². The molecule has 0 fully saturated rings. The van der Waals surface area contributed by atoms with Gasteiger partial charge in [-0.2, -0.15) is 8.78 Å². The van der Waals surface area contributed by atoms with Gasteiger partial charge in [0.2, 0.25) is 0 Å². The number of halogens is 2. The van der Waals surface area contributed by atoms with Crippen molar-refractivity contribution < 1.29 is 23.0 Å². The van der Waals surface area contributed by atoms with Gasteiger partial charge >= 0.3 is 6.61 Å². The molecule has 5 nitrogen and oxygen atoms in total. The lowest BCUT2D eigenvalue weighted by Gasteiger charge is -2.06. The van der Waals surface area contributed by atoms with Crippen molar-refractivity contribution in [2.24, 2.45) is 0 Å². The van der Waals surface area contributed by atoms with Crippen molar-refractivity contribution in [2.75, 3.05) is 11.9 Å². The number of rotatable bonds is 6. The molecule has 1 amide bonds. The van der Waals surface area contributed by atoms with Gasteiger partial charge in [-0.05, 0) is 43.3 Å². The maximum atomic E-state index is 12.3. The number of amides is 1. The van der Waals surface area contributed by atoms with Gasteiger partial charge in [0.05, 0.1) is 16.8 Å². The van der Waals surface area contributed by atoms with Crippen LogP contribution in [0.1, 0.15) is 17.3 Å². The van der Waals surface area contributed by atoms with Crippen molar-refractivity contribution in [3.63, 3.8) is 0 Å².